The third kappa shape index (κ3) is 3.44. The molecule has 3 aromatic rings. The number of halogens is 2. The zero-order valence-electron chi connectivity index (χ0n) is 21.1. The van der Waals surface area contributed by atoms with Crippen molar-refractivity contribution in [2.45, 2.75) is 77.2 Å². The van der Waals surface area contributed by atoms with E-state index < -0.39 is 17.4 Å². The van der Waals surface area contributed by atoms with Crippen LogP contribution in [0, 0.1) is 5.82 Å². The number of unbranched alkanes of at least 4 members (excludes halogenated alkanes) is 1. The molecule has 2 aromatic heterocycles. The van der Waals surface area contributed by atoms with Crippen LogP contribution in [0.25, 0.3) is 22.3 Å². The number of pyridine rings is 2. The van der Waals surface area contributed by atoms with E-state index in [1.54, 1.807) is 17.6 Å². The van der Waals surface area contributed by atoms with Gasteiger partial charge in [-0.1, -0.05) is 31.9 Å². The number of esters is 1. The van der Waals surface area contributed by atoms with Gasteiger partial charge in [0.1, 0.15) is 12.4 Å². The molecule has 8 nitrogen and oxygen atoms in total. The van der Waals surface area contributed by atoms with Crippen molar-refractivity contribution in [1.82, 2.24) is 14.9 Å². The van der Waals surface area contributed by atoms with Gasteiger partial charge >= 0.3 is 5.97 Å². The first-order valence-electron chi connectivity index (χ1n) is 13.0. The van der Waals surface area contributed by atoms with Crippen LogP contribution < -0.4 is 10.9 Å². The number of hydrogen-bond acceptors (Lipinski definition) is 6. The van der Waals surface area contributed by atoms with Gasteiger partial charge in [-0.2, -0.15) is 0 Å². The van der Waals surface area contributed by atoms with E-state index in [0.29, 0.717) is 47.1 Å². The van der Waals surface area contributed by atoms with E-state index in [1.807, 2.05) is 6.92 Å². The van der Waals surface area contributed by atoms with E-state index in [2.05, 4.69) is 5.32 Å². The molecule has 2 atom stereocenters. The Morgan fingerprint density at radius 3 is 2.82 bits per heavy atom. The van der Waals surface area contributed by atoms with E-state index in [1.165, 1.54) is 6.07 Å². The predicted molar refractivity (Wildman–Crippen MR) is 138 cm³/mol. The summed E-state index contributed by atoms with van der Waals surface area (Å²) in [5.41, 5.74) is 1.57. The highest BCUT2D eigenvalue weighted by Crippen LogP contribution is 2.46. The van der Waals surface area contributed by atoms with Crippen molar-refractivity contribution in [3.8, 4) is 11.4 Å². The molecule has 2 N–H and O–H groups in total. The first kappa shape index (κ1) is 25.0. The van der Waals surface area contributed by atoms with Crippen LogP contribution in [0.5, 0.6) is 0 Å². The SMILES string of the molecule is CCCCC(=O)N[C@@H]1CCc2c(Cl)c(F)cc3nc4c(c1c23)Cn1c-4cc2c(c1=O)COC(=O)[C@]2(O)CC. The van der Waals surface area contributed by atoms with Crippen LogP contribution in [0.15, 0.2) is 16.9 Å². The number of benzene rings is 1. The second-order valence-electron chi connectivity index (χ2n) is 10.3. The van der Waals surface area contributed by atoms with Crippen molar-refractivity contribution in [2.24, 2.45) is 0 Å². The number of hydrogen-bond donors (Lipinski definition) is 2. The number of aromatic nitrogens is 2. The molecule has 0 fully saturated rings. The first-order chi connectivity index (χ1) is 18.2. The standard InChI is InChI=1S/C28H27ClFN3O5/c1-3-5-6-21(34)31-18-8-7-13-22-19(10-17(30)24(13)29)32-25-14(23(18)22)11-33-20(25)9-16-15(26(33)35)12-38-27(36)28(16,37)4-2/h9-10,18,37H,3-8,11-12H2,1-2H3,(H,31,34)/t18-,28+/m1/s1. The van der Waals surface area contributed by atoms with Gasteiger partial charge in [0.2, 0.25) is 5.91 Å². The number of nitrogens with one attached hydrogen (secondary N) is 1. The third-order valence-corrected chi connectivity index (χ3v) is 8.54. The molecule has 10 heteroatoms. The zero-order chi connectivity index (χ0) is 26.9. The molecule has 4 heterocycles. The third-order valence-electron chi connectivity index (χ3n) is 8.13. The molecule has 1 aliphatic carbocycles. The van der Waals surface area contributed by atoms with Crippen LogP contribution in [0.4, 0.5) is 4.39 Å². The first-order valence-corrected chi connectivity index (χ1v) is 13.4. The van der Waals surface area contributed by atoms with Crippen LogP contribution in [0.2, 0.25) is 5.02 Å². The summed E-state index contributed by atoms with van der Waals surface area (Å²) in [5.74, 6) is -1.45. The smallest absolute Gasteiger partial charge is 0.343 e. The summed E-state index contributed by atoms with van der Waals surface area (Å²) >= 11 is 6.39. The number of ether oxygens (including phenoxy) is 1. The van der Waals surface area contributed by atoms with E-state index in [9.17, 15) is 23.9 Å². The Labute approximate surface area is 222 Å². The number of carbonyl (C=O) groups excluding carboxylic acids is 2. The normalized spacial score (nSPS) is 21.1. The fraction of sp³-hybridized carbons (Fsp3) is 0.429. The Morgan fingerprint density at radius 2 is 2.08 bits per heavy atom. The fourth-order valence-electron chi connectivity index (χ4n) is 6.10. The lowest BCUT2D eigenvalue weighted by molar-refractivity contribution is -0.172. The average molecular weight is 540 g/mol. The molecule has 2 aliphatic heterocycles. The van der Waals surface area contributed by atoms with Crippen molar-refractivity contribution in [1.29, 1.82) is 0 Å². The Kier molecular flexibility index (Phi) is 5.84. The molecule has 0 saturated heterocycles. The van der Waals surface area contributed by atoms with Crippen LogP contribution >= 0.6 is 11.6 Å². The van der Waals surface area contributed by atoms with Crippen LogP contribution in [-0.2, 0) is 39.5 Å². The minimum Gasteiger partial charge on any atom is -0.458 e. The Balaban J connectivity index is 1.60. The molecule has 0 bridgehead atoms. The minimum atomic E-state index is -1.95. The average Bonchev–Trinajstić information content (AvgIpc) is 3.27. The number of carbonyl (C=O) groups is 2. The lowest BCUT2D eigenvalue weighted by Crippen LogP contribution is -2.44. The summed E-state index contributed by atoms with van der Waals surface area (Å²) in [6.45, 7) is 3.62. The van der Waals surface area contributed by atoms with Gasteiger partial charge in [0.15, 0.2) is 5.60 Å². The van der Waals surface area contributed by atoms with Crippen molar-refractivity contribution < 1.29 is 23.8 Å². The van der Waals surface area contributed by atoms with E-state index >= 15 is 0 Å². The van der Waals surface area contributed by atoms with Crippen LogP contribution in [0.3, 0.4) is 0 Å². The van der Waals surface area contributed by atoms with Gasteiger partial charge < -0.3 is 19.7 Å². The molecular formula is C28H27ClFN3O5. The molecule has 3 aliphatic rings. The largest absolute Gasteiger partial charge is 0.458 e. The molecular weight excluding hydrogens is 513 g/mol. The number of nitrogens with zero attached hydrogens (tertiary/aromatic N) is 2. The Bertz CT molecular complexity index is 1620. The maximum absolute atomic E-state index is 14.8. The summed E-state index contributed by atoms with van der Waals surface area (Å²) in [6.07, 6.45) is 3.09. The number of amides is 1. The maximum atomic E-state index is 14.8. The second kappa shape index (κ2) is 8.88. The van der Waals surface area contributed by atoms with Gasteiger partial charge in [-0.25, -0.2) is 14.2 Å². The Morgan fingerprint density at radius 1 is 1.29 bits per heavy atom. The molecule has 1 aromatic carbocycles. The maximum Gasteiger partial charge on any atom is 0.343 e. The van der Waals surface area contributed by atoms with Crippen molar-refractivity contribution in [3.05, 3.63) is 61.1 Å². The molecule has 6 rings (SSSR count). The Hall–Kier alpha value is -3.30. The number of cyclic esters (lactones) is 1. The van der Waals surface area contributed by atoms with Crippen LogP contribution in [0.1, 0.15) is 79.8 Å². The quantitative estimate of drug-likeness (QED) is 0.368. The molecule has 0 radical (unpaired) electrons. The highest BCUT2D eigenvalue weighted by atomic mass is 35.5. The lowest BCUT2D eigenvalue weighted by atomic mass is 9.83. The van der Waals surface area contributed by atoms with E-state index in [4.69, 9.17) is 21.3 Å². The molecule has 0 saturated carbocycles. The van der Waals surface area contributed by atoms with Crippen molar-refractivity contribution >= 4 is 34.4 Å². The number of aliphatic hydroxyl groups is 1. The monoisotopic (exact) mass is 539 g/mol. The summed E-state index contributed by atoms with van der Waals surface area (Å²) in [7, 11) is 0. The molecule has 1 amide bonds. The zero-order valence-corrected chi connectivity index (χ0v) is 21.9. The van der Waals surface area contributed by atoms with Crippen molar-refractivity contribution in [2.75, 3.05) is 0 Å². The van der Waals surface area contributed by atoms with Gasteiger partial charge in [-0.15, -0.1) is 0 Å². The minimum absolute atomic E-state index is 0.0317. The number of rotatable bonds is 5. The summed E-state index contributed by atoms with van der Waals surface area (Å²) in [5, 5.41) is 15.0. The van der Waals surface area contributed by atoms with E-state index in [0.717, 1.165) is 24.0 Å². The van der Waals surface area contributed by atoms with Gasteiger partial charge in [-0.05, 0) is 42.9 Å². The highest BCUT2D eigenvalue weighted by molar-refractivity contribution is 6.32. The summed E-state index contributed by atoms with van der Waals surface area (Å²) < 4.78 is 21.5. The molecule has 0 unspecified atom stereocenters. The predicted octanol–water partition coefficient (Wildman–Crippen LogP) is 4.17. The van der Waals surface area contributed by atoms with Gasteiger partial charge in [0.25, 0.3) is 5.56 Å². The highest BCUT2D eigenvalue weighted by Gasteiger charge is 2.46. The molecule has 0 spiro atoms. The molecule has 38 heavy (non-hydrogen) atoms. The molecule has 198 valence electrons. The lowest BCUT2D eigenvalue weighted by Gasteiger charge is -2.31. The fourth-order valence-corrected chi connectivity index (χ4v) is 6.35. The van der Waals surface area contributed by atoms with Crippen molar-refractivity contribution in [3.63, 3.8) is 0 Å². The topological polar surface area (TPSA) is 111 Å². The summed E-state index contributed by atoms with van der Waals surface area (Å²) in [4.78, 5) is 43.7. The van der Waals surface area contributed by atoms with Gasteiger partial charge in [-0.3, -0.25) is 9.59 Å². The number of fused-ring (bicyclic) bond motifs is 5. The van der Waals surface area contributed by atoms with E-state index in [-0.39, 0.29) is 53.2 Å². The van der Waals surface area contributed by atoms with Gasteiger partial charge in [0, 0.05) is 29.0 Å². The second-order valence-corrected chi connectivity index (χ2v) is 10.6. The van der Waals surface area contributed by atoms with Crippen LogP contribution in [-0.4, -0.2) is 26.5 Å². The van der Waals surface area contributed by atoms with Gasteiger partial charge in [0.05, 0.1) is 40.1 Å². The summed E-state index contributed by atoms with van der Waals surface area (Å²) in [6, 6.07) is 2.55. The number of aryl methyl sites for hydroxylation is 1.